The molecule has 10 nitrogen and oxygen atoms in total. The molecule has 1 aliphatic heterocycles. The van der Waals surface area contributed by atoms with Crippen LogP contribution >= 0.6 is 8.25 Å². The van der Waals surface area contributed by atoms with E-state index in [2.05, 4.69) is 30.3 Å². The normalized spacial score (nSPS) is 22.5. The number of aliphatic hydroxyl groups is 1. The van der Waals surface area contributed by atoms with E-state index in [1.54, 1.807) is 4.90 Å². The average Bonchev–Trinajstić information content (AvgIpc) is 2.99. The summed E-state index contributed by atoms with van der Waals surface area (Å²) in [6.45, 7) is 11.7. The Morgan fingerprint density at radius 2 is 1.96 bits per heavy atom. The molecule has 0 bridgehead atoms. The van der Waals surface area contributed by atoms with E-state index in [0.717, 1.165) is 4.57 Å². The molecule has 0 aliphatic carbocycles. The monoisotopic (exact) mass is 406 g/mol. The summed E-state index contributed by atoms with van der Waals surface area (Å²) in [5.41, 5.74) is -0.827. The Morgan fingerprint density at radius 1 is 1.37 bits per heavy atom. The zero-order chi connectivity index (χ0) is 20.6. The molecule has 1 fully saturated rings. The minimum Gasteiger partial charge on any atom is -0.566 e. The summed E-state index contributed by atoms with van der Waals surface area (Å²) in [4.78, 5) is 37.1. The molecule has 0 saturated carbocycles. The highest BCUT2D eigenvalue weighted by molar-refractivity contribution is 7.30. The van der Waals surface area contributed by atoms with Crippen molar-refractivity contribution in [3.8, 4) is 0 Å². The average molecular weight is 406 g/mol. The van der Waals surface area contributed by atoms with Crippen LogP contribution in [-0.4, -0.2) is 53.1 Å². The Labute approximate surface area is 158 Å². The highest BCUT2D eigenvalue weighted by Crippen LogP contribution is 2.29. The van der Waals surface area contributed by atoms with Gasteiger partial charge in [-0.05, 0) is 32.3 Å². The van der Waals surface area contributed by atoms with Crippen molar-refractivity contribution >= 4 is 8.25 Å². The zero-order valence-electron chi connectivity index (χ0n) is 16.1. The molecule has 2 rings (SSSR count). The Hall–Kier alpha value is -1.42. The molecular formula is C16H29N3O7P+. The van der Waals surface area contributed by atoms with Crippen molar-refractivity contribution in [2.75, 3.05) is 26.2 Å². The summed E-state index contributed by atoms with van der Waals surface area (Å²) in [6, 6.07) is 0. The second-order valence-electron chi connectivity index (χ2n) is 6.24. The molecular weight excluding hydrogens is 377 g/mol. The van der Waals surface area contributed by atoms with E-state index in [-0.39, 0.29) is 13.0 Å². The van der Waals surface area contributed by atoms with Crippen LogP contribution in [0.1, 0.15) is 39.0 Å². The van der Waals surface area contributed by atoms with Crippen LogP contribution in [0.25, 0.3) is 0 Å². The quantitative estimate of drug-likeness (QED) is 0.467. The van der Waals surface area contributed by atoms with Gasteiger partial charge < -0.3 is 19.6 Å². The lowest BCUT2D eigenvalue weighted by Gasteiger charge is -2.14. The summed E-state index contributed by atoms with van der Waals surface area (Å²) >= 11 is 0. The summed E-state index contributed by atoms with van der Waals surface area (Å²) in [5, 5.41) is 9.76. The third-order valence-electron chi connectivity index (χ3n) is 4.50. The molecule has 11 heteroatoms. The van der Waals surface area contributed by atoms with Gasteiger partial charge in [0.2, 0.25) is 0 Å². The SMILES string of the molecule is CC[NH+](CC)CC.Cc1cn([C@H]2C[C@H](O)[C@@H](CO[P+](=O)[O-])O2)c(=O)[nH]c1=O. The van der Waals surface area contributed by atoms with Crippen LogP contribution in [0.2, 0.25) is 0 Å². The Morgan fingerprint density at radius 3 is 2.44 bits per heavy atom. The van der Waals surface area contributed by atoms with Crippen LogP contribution in [0.15, 0.2) is 15.8 Å². The number of hydrogen-bond donors (Lipinski definition) is 3. The van der Waals surface area contributed by atoms with Gasteiger partial charge in [0, 0.05) is 18.2 Å². The first-order valence-electron chi connectivity index (χ1n) is 8.99. The molecule has 0 amide bonds. The number of H-pyrrole nitrogens is 1. The Bertz CT molecular complexity index is 711. The van der Waals surface area contributed by atoms with Crippen LogP contribution in [0.3, 0.4) is 0 Å². The Kier molecular flexibility index (Phi) is 10.00. The first-order chi connectivity index (χ1) is 12.7. The van der Waals surface area contributed by atoms with E-state index in [4.69, 9.17) is 4.74 Å². The summed E-state index contributed by atoms with van der Waals surface area (Å²) < 4.78 is 21.2. The van der Waals surface area contributed by atoms with Crippen LogP contribution in [0, 0.1) is 6.92 Å². The number of nitrogens with zero attached hydrogens (tertiary/aromatic N) is 1. The number of aromatic nitrogens is 2. The zero-order valence-corrected chi connectivity index (χ0v) is 17.0. The van der Waals surface area contributed by atoms with Crippen LogP contribution in [0.5, 0.6) is 0 Å². The molecule has 27 heavy (non-hydrogen) atoms. The molecule has 3 N–H and O–H groups in total. The predicted octanol–water partition coefficient (Wildman–Crippen LogP) is -1.54. The highest BCUT2D eigenvalue weighted by Gasteiger charge is 2.36. The first kappa shape index (κ1) is 23.6. The lowest BCUT2D eigenvalue weighted by atomic mass is 10.2. The van der Waals surface area contributed by atoms with Crippen molar-refractivity contribution in [2.24, 2.45) is 0 Å². The maximum Gasteiger partial charge on any atom is 0.488 e. The summed E-state index contributed by atoms with van der Waals surface area (Å²) in [7, 11) is -3.03. The number of aryl methyl sites for hydroxylation is 1. The van der Waals surface area contributed by atoms with Crippen molar-refractivity contribution in [2.45, 2.75) is 52.6 Å². The minimum atomic E-state index is -3.03. The van der Waals surface area contributed by atoms with Crippen molar-refractivity contribution in [3.63, 3.8) is 0 Å². The maximum absolute atomic E-state index is 11.7. The van der Waals surface area contributed by atoms with Gasteiger partial charge in [0.15, 0.2) is 0 Å². The van der Waals surface area contributed by atoms with Gasteiger partial charge in [-0.15, -0.1) is 4.52 Å². The van der Waals surface area contributed by atoms with Crippen molar-refractivity contribution in [1.82, 2.24) is 9.55 Å². The standard InChI is InChI=1S/C10H13N2O7P.C6H15N/c1-5-3-12(10(15)11-9(5)14)8-2-6(13)7(19-8)4-18-20(16)17;1-4-7(5-2)6-3/h3,6-8,13H,2,4H2,1H3,(H,11,14,15);4-6H2,1-3H3/p+1/t6-,7+,8+;/m0./s1. The minimum absolute atomic E-state index is 0.0923. The lowest BCUT2D eigenvalue weighted by Crippen LogP contribution is -3.11. The molecule has 0 spiro atoms. The van der Waals surface area contributed by atoms with Crippen molar-refractivity contribution in [1.29, 1.82) is 0 Å². The van der Waals surface area contributed by atoms with Gasteiger partial charge in [-0.25, -0.2) is 4.79 Å². The number of ether oxygens (including phenoxy) is 1. The second-order valence-corrected chi connectivity index (χ2v) is 6.95. The van der Waals surface area contributed by atoms with Crippen molar-refractivity contribution < 1.29 is 28.7 Å². The predicted molar refractivity (Wildman–Crippen MR) is 96.7 cm³/mol. The third-order valence-corrected chi connectivity index (χ3v) is 4.86. The number of quaternary nitrogens is 1. The second kappa shape index (κ2) is 11.4. The number of aliphatic hydroxyl groups excluding tert-OH is 1. The van der Waals surface area contributed by atoms with Gasteiger partial charge in [0.1, 0.15) is 18.9 Å². The van der Waals surface area contributed by atoms with E-state index in [9.17, 15) is 24.2 Å². The fraction of sp³-hybridized carbons (Fsp3) is 0.750. The molecule has 1 aromatic rings. The topological polar surface area (TPSA) is 138 Å². The largest absolute Gasteiger partial charge is 0.566 e. The van der Waals surface area contributed by atoms with E-state index >= 15 is 0 Å². The van der Waals surface area contributed by atoms with Crippen LogP contribution in [0.4, 0.5) is 0 Å². The van der Waals surface area contributed by atoms with E-state index in [1.807, 2.05) is 0 Å². The molecule has 1 aliphatic rings. The van der Waals surface area contributed by atoms with E-state index in [1.165, 1.54) is 32.8 Å². The molecule has 0 aromatic carbocycles. The molecule has 1 unspecified atom stereocenters. The lowest BCUT2D eigenvalue weighted by molar-refractivity contribution is -0.894. The van der Waals surface area contributed by atoms with Crippen molar-refractivity contribution in [3.05, 3.63) is 32.6 Å². The van der Waals surface area contributed by atoms with Crippen LogP contribution in [-0.2, 0) is 13.8 Å². The first-order valence-corrected chi connectivity index (χ1v) is 10.1. The maximum atomic E-state index is 11.7. The number of nitrogens with one attached hydrogen (secondary N) is 2. The number of aromatic amines is 1. The number of rotatable bonds is 7. The Balaban J connectivity index is 0.000000445. The smallest absolute Gasteiger partial charge is 0.488 e. The van der Waals surface area contributed by atoms with Gasteiger partial charge >= 0.3 is 13.9 Å². The van der Waals surface area contributed by atoms with Gasteiger partial charge in [0.05, 0.1) is 25.7 Å². The van der Waals surface area contributed by atoms with E-state index in [0.29, 0.717) is 5.56 Å². The molecule has 4 atom stereocenters. The van der Waals surface area contributed by atoms with Gasteiger partial charge in [-0.2, -0.15) is 0 Å². The molecule has 0 radical (unpaired) electrons. The van der Waals surface area contributed by atoms with E-state index < -0.39 is 37.9 Å². The molecule has 1 saturated heterocycles. The summed E-state index contributed by atoms with van der Waals surface area (Å²) in [6.07, 6.45) is -1.18. The van der Waals surface area contributed by atoms with Gasteiger partial charge in [0.25, 0.3) is 5.56 Å². The fourth-order valence-corrected chi connectivity index (χ4v) is 2.99. The van der Waals surface area contributed by atoms with Crippen LogP contribution < -0.4 is 21.0 Å². The summed E-state index contributed by atoms with van der Waals surface area (Å²) in [5.74, 6) is 0. The number of hydrogen-bond acceptors (Lipinski definition) is 7. The third kappa shape index (κ3) is 7.25. The molecule has 2 heterocycles. The molecule has 1 aromatic heterocycles. The molecule has 154 valence electrons. The van der Waals surface area contributed by atoms with Gasteiger partial charge in [-0.1, -0.05) is 0 Å². The fourth-order valence-electron chi connectivity index (χ4n) is 2.72. The van der Waals surface area contributed by atoms with Gasteiger partial charge in [-0.3, -0.25) is 14.3 Å². The highest BCUT2D eigenvalue weighted by atomic mass is 31.1.